The Hall–Kier alpha value is -2.12. The molecule has 0 bridgehead atoms. The Kier molecular flexibility index (Phi) is 6.01. The van der Waals surface area contributed by atoms with E-state index in [9.17, 15) is 18.0 Å². The molecule has 144 valence electrons. The summed E-state index contributed by atoms with van der Waals surface area (Å²) in [4.78, 5) is 16.5. The van der Waals surface area contributed by atoms with Gasteiger partial charge in [-0.2, -0.15) is 13.2 Å². The van der Waals surface area contributed by atoms with Crippen LogP contribution in [0.2, 0.25) is 5.02 Å². The number of carbonyl (C=O) groups is 1. The van der Waals surface area contributed by atoms with Gasteiger partial charge in [-0.1, -0.05) is 23.7 Å². The molecule has 0 unspecified atom stereocenters. The van der Waals surface area contributed by atoms with Crippen molar-refractivity contribution in [3.05, 3.63) is 64.4 Å². The summed E-state index contributed by atoms with van der Waals surface area (Å²) in [5.41, 5.74) is 0.719. The van der Waals surface area contributed by atoms with Crippen LogP contribution in [0.25, 0.3) is 0 Å². The fourth-order valence-corrected chi connectivity index (χ4v) is 3.42. The standard InChI is InChI=1S/C19H19ClF3N3O/c20-14-3-1-2-12(8-14)6-7-25-18(27)16-11-24-10-15(16)17-5-4-13(9-26-17)19(21,22)23/h1-5,8-9,15-16,24H,6-7,10-11H2,(H,25,27)/t15-,16-/m1/s1. The monoisotopic (exact) mass is 397 g/mol. The number of pyridine rings is 1. The number of rotatable bonds is 5. The molecule has 27 heavy (non-hydrogen) atoms. The van der Waals surface area contributed by atoms with Gasteiger partial charge in [-0.15, -0.1) is 0 Å². The lowest BCUT2D eigenvalue weighted by Crippen LogP contribution is -2.35. The van der Waals surface area contributed by atoms with Crippen molar-refractivity contribution in [3.8, 4) is 0 Å². The zero-order valence-electron chi connectivity index (χ0n) is 14.4. The number of carbonyl (C=O) groups excluding carboxylic acids is 1. The van der Waals surface area contributed by atoms with Crippen molar-refractivity contribution in [3.63, 3.8) is 0 Å². The normalized spacial score (nSPS) is 19.9. The zero-order valence-corrected chi connectivity index (χ0v) is 15.1. The molecule has 1 fully saturated rings. The van der Waals surface area contributed by atoms with Crippen molar-refractivity contribution < 1.29 is 18.0 Å². The lowest BCUT2D eigenvalue weighted by molar-refractivity contribution is -0.137. The van der Waals surface area contributed by atoms with Gasteiger partial charge >= 0.3 is 6.18 Å². The molecule has 1 saturated heterocycles. The van der Waals surface area contributed by atoms with Gasteiger partial charge in [0.2, 0.25) is 5.91 Å². The van der Waals surface area contributed by atoms with Crippen molar-refractivity contribution >= 4 is 17.5 Å². The van der Waals surface area contributed by atoms with Gasteiger partial charge in [0.1, 0.15) is 0 Å². The van der Waals surface area contributed by atoms with Crippen LogP contribution < -0.4 is 10.6 Å². The molecule has 0 radical (unpaired) electrons. The topological polar surface area (TPSA) is 54.0 Å². The molecule has 0 spiro atoms. The van der Waals surface area contributed by atoms with Crippen molar-refractivity contribution in [2.24, 2.45) is 5.92 Å². The zero-order chi connectivity index (χ0) is 19.4. The van der Waals surface area contributed by atoms with Gasteiger partial charge in [0.05, 0.1) is 11.5 Å². The number of halogens is 4. The lowest BCUT2D eigenvalue weighted by Gasteiger charge is -2.18. The fraction of sp³-hybridized carbons (Fsp3) is 0.368. The molecule has 2 N–H and O–H groups in total. The highest BCUT2D eigenvalue weighted by Crippen LogP contribution is 2.31. The van der Waals surface area contributed by atoms with Crippen LogP contribution in [-0.2, 0) is 17.4 Å². The smallest absolute Gasteiger partial charge is 0.355 e. The molecule has 8 heteroatoms. The van der Waals surface area contributed by atoms with Crippen LogP contribution in [0.15, 0.2) is 42.6 Å². The summed E-state index contributed by atoms with van der Waals surface area (Å²) >= 11 is 5.94. The van der Waals surface area contributed by atoms with Gasteiger partial charge < -0.3 is 10.6 Å². The molecule has 1 amide bonds. The van der Waals surface area contributed by atoms with Crippen LogP contribution >= 0.6 is 11.6 Å². The van der Waals surface area contributed by atoms with E-state index in [1.54, 1.807) is 6.07 Å². The van der Waals surface area contributed by atoms with Gasteiger partial charge in [0.15, 0.2) is 0 Å². The molecule has 2 aromatic rings. The molecular weight excluding hydrogens is 379 g/mol. The van der Waals surface area contributed by atoms with Gasteiger partial charge in [0.25, 0.3) is 0 Å². The molecule has 4 nitrogen and oxygen atoms in total. The Balaban J connectivity index is 1.59. The number of hydrogen-bond donors (Lipinski definition) is 2. The molecule has 3 rings (SSSR count). The van der Waals surface area contributed by atoms with E-state index in [1.165, 1.54) is 6.07 Å². The summed E-state index contributed by atoms with van der Waals surface area (Å²) < 4.78 is 38.0. The van der Waals surface area contributed by atoms with E-state index in [1.807, 2.05) is 18.2 Å². The van der Waals surface area contributed by atoms with Crippen LogP contribution in [0.3, 0.4) is 0 Å². The first-order valence-electron chi connectivity index (χ1n) is 8.60. The van der Waals surface area contributed by atoms with Crippen LogP contribution in [0.1, 0.15) is 22.7 Å². The fourth-order valence-electron chi connectivity index (χ4n) is 3.21. The minimum absolute atomic E-state index is 0.131. The number of amides is 1. The minimum Gasteiger partial charge on any atom is -0.355 e. The molecule has 2 atom stereocenters. The summed E-state index contributed by atoms with van der Waals surface area (Å²) in [5.74, 6) is -0.749. The average Bonchev–Trinajstić information content (AvgIpc) is 3.11. The first-order chi connectivity index (χ1) is 12.8. The second-order valence-electron chi connectivity index (χ2n) is 6.51. The lowest BCUT2D eigenvalue weighted by atomic mass is 9.91. The highest BCUT2D eigenvalue weighted by molar-refractivity contribution is 6.30. The van der Waals surface area contributed by atoms with Gasteiger partial charge in [-0.05, 0) is 36.2 Å². The van der Waals surface area contributed by atoms with Crippen molar-refractivity contribution in [1.29, 1.82) is 0 Å². The minimum atomic E-state index is -4.42. The third kappa shape index (κ3) is 4.99. The highest BCUT2D eigenvalue weighted by atomic mass is 35.5. The average molecular weight is 398 g/mol. The molecular formula is C19H19ClF3N3O. The Labute approximate surface area is 160 Å². The van der Waals surface area contributed by atoms with Crippen LogP contribution in [0.4, 0.5) is 13.2 Å². The quantitative estimate of drug-likeness (QED) is 0.813. The van der Waals surface area contributed by atoms with E-state index in [2.05, 4.69) is 15.6 Å². The maximum absolute atomic E-state index is 12.7. The number of benzene rings is 1. The van der Waals surface area contributed by atoms with Crippen molar-refractivity contribution in [2.45, 2.75) is 18.5 Å². The second kappa shape index (κ2) is 8.27. The van der Waals surface area contributed by atoms with E-state index in [-0.39, 0.29) is 17.7 Å². The number of nitrogens with one attached hydrogen (secondary N) is 2. The van der Waals surface area contributed by atoms with Gasteiger partial charge in [-0.3, -0.25) is 9.78 Å². The summed E-state index contributed by atoms with van der Waals surface area (Å²) in [6, 6.07) is 9.79. The maximum atomic E-state index is 12.7. The largest absolute Gasteiger partial charge is 0.417 e. The molecule has 1 aliphatic rings. The predicted octanol–water partition coefficient (Wildman–Crippen LogP) is 3.42. The van der Waals surface area contributed by atoms with E-state index in [4.69, 9.17) is 11.6 Å². The van der Waals surface area contributed by atoms with Gasteiger partial charge in [-0.25, -0.2) is 0 Å². The van der Waals surface area contributed by atoms with Crippen LogP contribution in [0.5, 0.6) is 0 Å². The van der Waals surface area contributed by atoms with Crippen LogP contribution in [-0.4, -0.2) is 30.5 Å². The Morgan fingerprint density at radius 2 is 2.07 bits per heavy atom. The predicted molar refractivity (Wildman–Crippen MR) is 96.5 cm³/mol. The van der Waals surface area contributed by atoms with E-state index >= 15 is 0 Å². The summed E-state index contributed by atoms with van der Waals surface area (Å²) in [6.45, 7) is 1.43. The summed E-state index contributed by atoms with van der Waals surface area (Å²) in [6.07, 6.45) is -2.95. The summed E-state index contributed by atoms with van der Waals surface area (Å²) in [7, 11) is 0. The molecule has 0 aliphatic carbocycles. The van der Waals surface area contributed by atoms with E-state index in [0.717, 1.165) is 17.8 Å². The first kappa shape index (κ1) is 19.6. The third-order valence-electron chi connectivity index (χ3n) is 4.65. The van der Waals surface area contributed by atoms with Crippen LogP contribution in [0, 0.1) is 5.92 Å². The SMILES string of the molecule is O=C(NCCc1cccc(Cl)c1)[C@@H]1CNC[C@H]1c1ccc(C(F)(F)F)cn1. The van der Waals surface area contributed by atoms with Gasteiger partial charge in [0, 0.05) is 42.5 Å². The number of aromatic nitrogens is 1. The Bertz CT molecular complexity index is 796. The van der Waals surface area contributed by atoms with Crippen molar-refractivity contribution in [2.75, 3.05) is 19.6 Å². The number of alkyl halides is 3. The second-order valence-corrected chi connectivity index (χ2v) is 6.95. The maximum Gasteiger partial charge on any atom is 0.417 e. The van der Waals surface area contributed by atoms with E-state index in [0.29, 0.717) is 36.8 Å². The molecule has 1 aliphatic heterocycles. The highest BCUT2D eigenvalue weighted by Gasteiger charge is 2.36. The molecule has 0 saturated carbocycles. The molecule has 1 aromatic heterocycles. The number of hydrogen-bond acceptors (Lipinski definition) is 3. The Morgan fingerprint density at radius 1 is 1.26 bits per heavy atom. The Morgan fingerprint density at radius 3 is 2.74 bits per heavy atom. The molecule has 2 heterocycles. The molecule has 1 aromatic carbocycles. The third-order valence-corrected chi connectivity index (χ3v) is 4.88. The van der Waals surface area contributed by atoms with E-state index < -0.39 is 11.7 Å². The number of nitrogens with zero attached hydrogens (tertiary/aromatic N) is 1. The summed E-state index contributed by atoms with van der Waals surface area (Å²) in [5, 5.41) is 6.67. The first-order valence-corrected chi connectivity index (χ1v) is 8.98. The van der Waals surface area contributed by atoms with Crippen molar-refractivity contribution in [1.82, 2.24) is 15.6 Å².